The molecule has 0 amide bonds. The van der Waals surface area contributed by atoms with Crippen molar-refractivity contribution >= 4 is 16.7 Å². The van der Waals surface area contributed by atoms with Crippen molar-refractivity contribution in [1.29, 1.82) is 0 Å². The summed E-state index contributed by atoms with van der Waals surface area (Å²) in [6, 6.07) is 8.53. The SMILES string of the molecule is COC(=O)c1cc2cccc(OC)c2cc1O. The predicted molar refractivity (Wildman–Crippen MR) is 63.5 cm³/mol. The Hall–Kier alpha value is -2.23. The standard InChI is InChI=1S/C13H12O4/c1-16-12-5-3-4-8-6-10(13(15)17-2)11(14)7-9(8)12/h3-7,14H,1-2H3. The first-order valence-corrected chi connectivity index (χ1v) is 5.05. The van der Waals surface area contributed by atoms with Gasteiger partial charge in [-0.3, -0.25) is 0 Å². The molecule has 2 aromatic rings. The Morgan fingerprint density at radius 1 is 1.24 bits per heavy atom. The molecule has 0 fully saturated rings. The van der Waals surface area contributed by atoms with Gasteiger partial charge in [0.15, 0.2) is 0 Å². The third kappa shape index (κ3) is 1.89. The van der Waals surface area contributed by atoms with Gasteiger partial charge in [-0.15, -0.1) is 0 Å². The van der Waals surface area contributed by atoms with E-state index < -0.39 is 5.97 Å². The summed E-state index contributed by atoms with van der Waals surface area (Å²) >= 11 is 0. The molecule has 0 saturated carbocycles. The zero-order valence-corrected chi connectivity index (χ0v) is 9.56. The third-order valence-corrected chi connectivity index (χ3v) is 2.58. The van der Waals surface area contributed by atoms with Crippen molar-refractivity contribution < 1.29 is 19.4 Å². The van der Waals surface area contributed by atoms with Gasteiger partial charge in [0.25, 0.3) is 0 Å². The van der Waals surface area contributed by atoms with Gasteiger partial charge in [0.1, 0.15) is 17.1 Å². The summed E-state index contributed by atoms with van der Waals surface area (Å²) in [6.45, 7) is 0. The first kappa shape index (κ1) is 11.3. The molecule has 0 atom stereocenters. The van der Waals surface area contributed by atoms with Crippen LogP contribution in [0, 0.1) is 0 Å². The van der Waals surface area contributed by atoms with Crippen molar-refractivity contribution in [3.8, 4) is 11.5 Å². The Balaban J connectivity index is 2.70. The fraction of sp³-hybridized carbons (Fsp3) is 0.154. The minimum absolute atomic E-state index is 0.117. The van der Waals surface area contributed by atoms with E-state index in [-0.39, 0.29) is 11.3 Å². The highest BCUT2D eigenvalue weighted by molar-refractivity contribution is 6.00. The van der Waals surface area contributed by atoms with Gasteiger partial charge in [0.05, 0.1) is 14.2 Å². The van der Waals surface area contributed by atoms with E-state index in [1.165, 1.54) is 13.2 Å². The molecule has 88 valence electrons. The molecule has 4 nitrogen and oxygen atoms in total. The number of benzene rings is 2. The van der Waals surface area contributed by atoms with E-state index >= 15 is 0 Å². The number of carbonyl (C=O) groups excluding carboxylic acids is 1. The Labute approximate surface area is 98.4 Å². The molecule has 0 heterocycles. The minimum atomic E-state index is -0.563. The Morgan fingerprint density at radius 2 is 2.00 bits per heavy atom. The topological polar surface area (TPSA) is 55.8 Å². The van der Waals surface area contributed by atoms with Gasteiger partial charge < -0.3 is 14.6 Å². The molecule has 0 aromatic heterocycles. The maximum atomic E-state index is 11.4. The van der Waals surface area contributed by atoms with E-state index in [2.05, 4.69) is 4.74 Å². The number of rotatable bonds is 2. The number of hydrogen-bond acceptors (Lipinski definition) is 4. The molecule has 2 rings (SSSR count). The fourth-order valence-corrected chi connectivity index (χ4v) is 1.74. The molecule has 4 heteroatoms. The highest BCUT2D eigenvalue weighted by Crippen LogP contribution is 2.31. The maximum absolute atomic E-state index is 11.4. The number of ether oxygens (including phenoxy) is 2. The molecule has 0 saturated heterocycles. The highest BCUT2D eigenvalue weighted by atomic mass is 16.5. The van der Waals surface area contributed by atoms with E-state index in [1.54, 1.807) is 19.2 Å². The lowest BCUT2D eigenvalue weighted by atomic mass is 10.1. The zero-order chi connectivity index (χ0) is 12.4. The normalized spacial score (nSPS) is 10.2. The number of phenolic OH excluding ortho intramolecular Hbond substituents is 1. The van der Waals surface area contributed by atoms with Gasteiger partial charge in [-0.05, 0) is 23.6 Å². The number of methoxy groups -OCH3 is 2. The first-order chi connectivity index (χ1) is 8.17. The molecule has 0 aliphatic heterocycles. The molecule has 2 aromatic carbocycles. The Morgan fingerprint density at radius 3 is 2.65 bits per heavy atom. The largest absolute Gasteiger partial charge is 0.507 e. The molecule has 0 bridgehead atoms. The first-order valence-electron chi connectivity index (χ1n) is 5.05. The average Bonchev–Trinajstić information content (AvgIpc) is 2.36. The molecule has 0 aliphatic rings. The maximum Gasteiger partial charge on any atom is 0.341 e. The van der Waals surface area contributed by atoms with Crippen LogP contribution >= 0.6 is 0 Å². The molecule has 1 N–H and O–H groups in total. The van der Waals surface area contributed by atoms with Crippen LogP contribution < -0.4 is 4.74 Å². The van der Waals surface area contributed by atoms with Crippen LogP contribution in [0.3, 0.4) is 0 Å². The van der Waals surface area contributed by atoms with E-state index in [9.17, 15) is 9.90 Å². The number of phenols is 1. The highest BCUT2D eigenvalue weighted by Gasteiger charge is 2.13. The third-order valence-electron chi connectivity index (χ3n) is 2.58. The molecule has 17 heavy (non-hydrogen) atoms. The lowest BCUT2D eigenvalue weighted by Crippen LogP contribution is -2.01. The van der Waals surface area contributed by atoms with Crippen molar-refractivity contribution in [2.45, 2.75) is 0 Å². The summed E-state index contributed by atoms with van der Waals surface area (Å²) in [5.74, 6) is -0.0321. The van der Waals surface area contributed by atoms with Gasteiger partial charge in [-0.2, -0.15) is 0 Å². The predicted octanol–water partition coefficient (Wildman–Crippen LogP) is 2.34. The second-order valence-corrected chi connectivity index (χ2v) is 3.54. The average molecular weight is 232 g/mol. The summed E-state index contributed by atoms with van der Waals surface area (Å²) in [7, 11) is 2.83. The number of hydrogen-bond donors (Lipinski definition) is 1. The van der Waals surface area contributed by atoms with Crippen LogP contribution in [0.2, 0.25) is 0 Å². The van der Waals surface area contributed by atoms with E-state index in [0.717, 1.165) is 10.8 Å². The molecule has 0 spiro atoms. The van der Waals surface area contributed by atoms with Crippen molar-refractivity contribution in [1.82, 2.24) is 0 Å². The van der Waals surface area contributed by atoms with E-state index in [0.29, 0.717) is 5.75 Å². The van der Waals surface area contributed by atoms with Gasteiger partial charge in [-0.1, -0.05) is 12.1 Å². The van der Waals surface area contributed by atoms with Crippen LogP contribution in [-0.2, 0) is 4.74 Å². The van der Waals surface area contributed by atoms with Crippen LogP contribution in [0.1, 0.15) is 10.4 Å². The summed E-state index contributed by atoms with van der Waals surface area (Å²) in [5, 5.41) is 11.3. The Kier molecular flexibility index (Phi) is 2.87. The van der Waals surface area contributed by atoms with Gasteiger partial charge in [0.2, 0.25) is 0 Å². The summed E-state index contributed by atoms with van der Waals surface area (Å²) in [4.78, 5) is 11.4. The molecule has 0 radical (unpaired) electrons. The number of carbonyl (C=O) groups is 1. The monoisotopic (exact) mass is 232 g/mol. The number of fused-ring (bicyclic) bond motifs is 1. The van der Waals surface area contributed by atoms with Gasteiger partial charge in [0, 0.05) is 5.39 Å². The quantitative estimate of drug-likeness (QED) is 0.807. The number of aromatic hydroxyl groups is 1. The summed E-state index contributed by atoms with van der Waals surface area (Å²) in [6.07, 6.45) is 0. The van der Waals surface area contributed by atoms with Crippen LogP contribution in [0.25, 0.3) is 10.8 Å². The minimum Gasteiger partial charge on any atom is -0.507 e. The van der Waals surface area contributed by atoms with E-state index in [4.69, 9.17) is 4.74 Å². The van der Waals surface area contributed by atoms with Crippen molar-refractivity contribution in [2.24, 2.45) is 0 Å². The molecular weight excluding hydrogens is 220 g/mol. The van der Waals surface area contributed by atoms with Crippen LogP contribution in [0.4, 0.5) is 0 Å². The molecule has 0 unspecified atom stereocenters. The smallest absolute Gasteiger partial charge is 0.341 e. The lowest BCUT2D eigenvalue weighted by molar-refractivity contribution is 0.0597. The summed E-state index contributed by atoms with van der Waals surface area (Å²) in [5.41, 5.74) is 0.147. The fourth-order valence-electron chi connectivity index (χ4n) is 1.74. The van der Waals surface area contributed by atoms with Gasteiger partial charge in [-0.25, -0.2) is 4.79 Å². The van der Waals surface area contributed by atoms with E-state index in [1.807, 2.05) is 12.1 Å². The van der Waals surface area contributed by atoms with Crippen molar-refractivity contribution in [2.75, 3.05) is 14.2 Å². The molecule has 0 aliphatic carbocycles. The number of esters is 1. The molecular formula is C13H12O4. The van der Waals surface area contributed by atoms with Crippen molar-refractivity contribution in [3.05, 3.63) is 35.9 Å². The lowest BCUT2D eigenvalue weighted by Gasteiger charge is -2.08. The Bertz CT molecular complexity index is 575. The van der Waals surface area contributed by atoms with Crippen LogP contribution in [0.15, 0.2) is 30.3 Å². The van der Waals surface area contributed by atoms with Crippen LogP contribution in [-0.4, -0.2) is 25.3 Å². The second-order valence-electron chi connectivity index (χ2n) is 3.54. The summed E-state index contributed by atoms with van der Waals surface area (Å²) < 4.78 is 9.77. The van der Waals surface area contributed by atoms with Gasteiger partial charge >= 0.3 is 5.97 Å². The second kappa shape index (κ2) is 4.33. The zero-order valence-electron chi connectivity index (χ0n) is 9.56. The van der Waals surface area contributed by atoms with Crippen LogP contribution in [0.5, 0.6) is 11.5 Å². The van der Waals surface area contributed by atoms with Crippen molar-refractivity contribution in [3.63, 3.8) is 0 Å².